The summed E-state index contributed by atoms with van der Waals surface area (Å²) in [5, 5.41) is 9.09. The van der Waals surface area contributed by atoms with E-state index in [2.05, 4.69) is 0 Å². The lowest BCUT2D eigenvalue weighted by molar-refractivity contribution is -0.148. The topological polar surface area (TPSA) is 70.1 Å². The maximum Gasteiger partial charge on any atom is 0.249 e. The lowest BCUT2D eigenvalue weighted by Gasteiger charge is -2.33. The van der Waals surface area contributed by atoms with Crippen LogP contribution in [0.3, 0.4) is 0 Å². The van der Waals surface area contributed by atoms with Crippen LogP contribution in [0.1, 0.15) is 25.0 Å². The number of halogens is 1. The molecule has 6 nitrogen and oxygen atoms in total. The molecule has 2 atom stereocenters. The molecule has 2 aromatic carbocycles. The molecule has 2 aromatic rings. The molecule has 0 aromatic heterocycles. The number of carbonyl (C=O) groups excluding carboxylic acids is 2. The van der Waals surface area contributed by atoms with Crippen LogP contribution in [0.25, 0.3) is 0 Å². The van der Waals surface area contributed by atoms with E-state index < -0.39 is 0 Å². The normalized spacial score (nSPS) is 16.8. The molecule has 1 heterocycles. The van der Waals surface area contributed by atoms with Crippen molar-refractivity contribution in [2.24, 2.45) is 0 Å². The fourth-order valence-corrected chi connectivity index (χ4v) is 3.36. The summed E-state index contributed by atoms with van der Waals surface area (Å²) in [4.78, 5) is 26.7. The van der Waals surface area contributed by atoms with Crippen LogP contribution in [0.15, 0.2) is 60.7 Å². The average molecular weight is 447 g/mol. The van der Waals surface area contributed by atoms with E-state index in [1.807, 2.05) is 72.5 Å². The fourth-order valence-electron chi connectivity index (χ4n) is 3.20. The molecule has 0 bridgehead atoms. The van der Waals surface area contributed by atoms with E-state index in [9.17, 15) is 9.59 Å². The molecule has 1 N–H and O–H groups in total. The minimum absolute atomic E-state index is 0.0584. The van der Waals surface area contributed by atoms with Crippen LogP contribution in [-0.2, 0) is 27.4 Å². The summed E-state index contributed by atoms with van der Waals surface area (Å²) in [7, 11) is 0. The lowest BCUT2D eigenvalue weighted by Crippen LogP contribution is -2.47. The molecular formula is C24H31ClN2O4. The van der Waals surface area contributed by atoms with Crippen molar-refractivity contribution in [2.45, 2.75) is 39.0 Å². The predicted octanol–water partition coefficient (Wildman–Crippen LogP) is 3.07. The van der Waals surface area contributed by atoms with Gasteiger partial charge in [0.25, 0.3) is 0 Å². The van der Waals surface area contributed by atoms with Gasteiger partial charge in [0.15, 0.2) is 0 Å². The van der Waals surface area contributed by atoms with E-state index in [4.69, 9.17) is 21.4 Å². The number of ether oxygens (including phenoxy) is 1. The van der Waals surface area contributed by atoms with Crippen LogP contribution in [-0.4, -0.2) is 64.5 Å². The monoisotopic (exact) mass is 446 g/mol. The Hall–Kier alpha value is -2.41. The van der Waals surface area contributed by atoms with Crippen molar-refractivity contribution in [1.29, 1.82) is 0 Å². The van der Waals surface area contributed by atoms with Gasteiger partial charge >= 0.3 is 0 Å². The van der Waals surface area contributed by atoms with Crippen LogP contribution < -0.4 is 0 Å². The van der Waals surface area contributed by atoms with Crippen molar-refractivity contribution in [3.63, 3.8) is 0 Å². The summed E-state index contributed by atoms with van der Waals surface area (Å²) in [6.07, 6.45) is 0. The summed E-state index contributed by atoms with van der Waals surface area (Å²) >= 11 is 5.54. The molecule has 0 aliphatic carbocycles. The average Bonchev–Trinajstić information content (AvgIpc) is 2.81. The number of nitrogens with zero attached hydrogens (tertiary/aromatic N) is 2. The highest BCUT2D eigenvalue weighted by atomic mass is 35.5. The second-order valence-electron chi connectivity index (χ2n) is 7.54. The number of benzene rings is 2. The Bertz CT molecular complexity index is 804. The number of alkyl halides is 1. The zero-order valence-corrected chi connectivity index (χ0v) is 18.9. The number of carbonyl (C=O) groups is 2. The van der Waals surface area contributed by atoms with Crippen LogP contribution in [0.5, 0.6) is 0 Å². The second-order valence-corrected chi connectivity index (χ2v) is 7.81. The van der Waals surface area contributed by atoms with Crippen molar-refractivity contribution < 1.29 is 19.4 Å². The van der Waals surface area contributed by atoms with E-state index in [0.29, 0.717) is 19.7 Å². The number of morpholine rings is 1. The Balaban J connectivity index is 0.000000220. The van der Waals surface area contributed by atoms with E-state index in [1.165, 1.54) is 5.56 Å². The molecule has 7 heteroatoms. The first-order valence-electron chi connectivity index (χ1n) is 10.4. The molecule has 3 rings (SSSR count). The van der Waals surface area contributed by atoms with Crippen LogP contribution in [0.2, 0.25) is 0 Å². The van der Waals surface area contributed by atoms with Crippen molar-refractivity contribution in [3.8, 4) is 0 Å². The molecule has 1 aliphatic heterocycles. The number of aliphatic hydroxyl groups excluding tert-OH is 1. The van der Waals surface area contributed by atoms with E-state index >= 15 is 0 Å². The molecule has 0 unspecified atom stereocenters. The molecule has 31 heavy (non-hydrogen) atoms. The highest BCUT2D eigenvalue weighted by Gasteiger charge is 2.25. The van der Waals surface area contributed by atoms with Gasteiger partial charge in [-0.25, -0.2) is 0 Å². The predicted molar refractivity (Wildman–Crippen MR) is 122 cm³/mol. The van der Waals surface area contributed by atoms with Gasteiger partial charge in [0.2, 0.25) is 11.8 Å². The second kappa shape index (κ2) is 13.1. The molecule has 0 saturated carbocycles. The Morgan fingerprint density at radius 2 is 1.74 bits per heavy atom. The van der Waals surface area contributed by atoms with Gasteiger partial charge in [0.1, 0.15) is 12.5 Å². The van der Waals surface area contributed by atoms with Gasteiger partial charge in [0.05, 0.1) is 25.3 Å². The molecular weight excluding hydrogens is 416 g/mol. The fraction of sp³-hybridized carbons (Fsp3) is 0.417. The van der Waals surface area contributed by atoms with Gasteiger partial charge in [-0.2, -0.15) is 0 Å². The van der Waals surface area contributed by atoms with Crippen molar-refractivity contribution in [3.05, 3.63) is 71.8 Å². The molecule has 168 valence electrons. The molecule has 1 saturated heterocycles. The highest BCUT2D eigenvalue weighted by Crippen LogP contribution is 2.12. The zero-order valence-electron chi connectivity index (χ0n) is 18.1. The molecule has 0 spiro atoms. The summed E-state index contributed by atoms with van der Waals surface area (Å²) < 4.78 is 5.17. The Labute approximate surface area is 189 Å². The maximum absolute atomic E-state index is 11.6. The number of hydrogen-bond acceptors (Lipinski definition) is 4. The quantitative estimate of drug-likeness (QED) is 0.663. The highest BCUT2D eigenvalue weighted by molar-refractivity contribution is 6.27. The van der Waals surface area contributed by atoms with Crippen molar-refractivity contribution in [1.82, 2.24) is 9.80 Å². The third-order valence-corrected chi connectivity index (χ3v) is 5.29. The Morgan fingerprint density at radius 1 is 1.16 bits per heavy atom. The van der Waals surface area contributed by atoms with Gasteiger partial charge in [-0.1, -0.05) is 60.7 Å². The first kappa shape index (κ1) is 24.9. The number of amides is 2. The van der Waals surface area contributed by atoms with Gasteiger partial charge < -0.3 is 19.6 Å². The standard InChI is InChI=1S/C12H16ClNO2.C12H15NO2/c1-10(9-15)14(12(16)7-13)8-11-5-3-2-4-6-11;1-10-8-15-9-12(14)13(10)7-11-5-3-2-4-6-11/h2-6,10,15H,7-9H2,1H3;2-6,10H,7-9H2,1H3/t2*10-/m11/s1. The third kappa shape index (κ3) is 7.98. The van der Waals surface area contributed by atoms with Gasteiger partial charge in [-0.05, 0) is 25.0 Å². The van der Waals surface area contributed by atoms with Crippen LogP contribution >= 0.6 is 11.6 Å². The Morgan fingerprint density at radius 3 is 2.26 bits per heavy atom. The van der Waals surface area contributed by atoms with E-state index in [0.717, 1.165) is 5.56 Å². The smallest absolute Gasteiger partial charge is 0.249 e. The van der Waals surface area contributed by atoms with Crippen LogP contribution in [0.4, 0.5) is 0 Å². The first-order chi connectivity index (χ1) is 15.0. The number of hydrogen-bond donors (Lipinski definition) is 1. The summed E-state index contributed by atoms with van der Waals surface area (Å²) in [6, 6.07) is 19.6. The van der Waals surface area contributed by atoms with Gasteiger partial charge in [-0.3, -0.25) is 9.59 Å². The molecule has 0 radical (unpaired) electrons. The Kier molecular flexibility index (Phi) is 10.5. The largest absolute Gasteiger partial charge is 0.394 e. The number of rotatable bonds is 7. The summed E-state index contributed by atoms with van der Waals surface area (Å²) in [6.45, 7) is 5.77. The SMILES string of the molecule is C[C@@H]1COCC(=O)N1Cc1ccccc1.C[C@H](CO)N(Cc1ccccc1)C(=O)CCl. The van der Waals surface area contributed by atoms with Gasteiger partial charge in [0, 0.05) is 13.1 Å². The summed E-state index contributed by atoms with van der Waals surface area (Å²) in [5.41, 5.74) is 2.20. The molecule has 1 fully saturated rings. The van der Waals surface area contributed by atoms with E-state index in [-0.39, 0.29) is 43.0 Å². The van der Waals surface area contributed by atoms with Crippen molar-refractivity contribution in [2.75, 3.05) is 25.7 Å². The molecule has 2 amide bonds. The van der Waals surface area contributed by atoms with Crippen molar-refractivity contribution >= 4 is 23.4 Å². The third-order valence-electron chi connectivity index (χ3n) is 5.06. The van der Waals surface area contributed by atoms with E-state index in [1.54, 1.807) is 11.8 Å². The molecule has 1 aliphatic rings. The zero-order chi connectivity index (χ0) is 22.6. The van der Waals surface area contributed by atoms with Gasteiger partial charge in [-0.15, -0.1) is 11.6 Å². The maximum atomic E-state index is 11.6. The number of aliphatic hydroxyl groups is 1. The van der Waals surface area contributed by atoms with Crippen LogP contribution in [0, 0.1) is 0 Å². The first-order valence-corrected chi connectivity index (χ1v) is 10.9. The minimum atomic E-state index is -0.216. The lowest BCUT2D eigenvalue weighted by atomic mass is 10.1. The summed E-state index contributed by atoms with van der Waals surface area (Å²) in [5.74, 6) is -0.137. The minimum Gasteiger partial charge on any atom is -0.394 e.